The van der Waals surface area contributed by atoms with Crippen molar-refractivity contribution in [2.75, 3.05) is 0 Å². The molecule has 0 bridgehead atoms. The standard InChI is InChI=1S/C29H42/c1-3-5-7-9-11-13-15-17-19-21-23-25-27-29-28-26-24-22-20-18-16-14-12-10-8-6-4-2/h3,5,7,9,11,13,15,17,19,21,23-29H,1,4,6,8,10,12,14,16,18,20,22H2,2H3/b7-5+,11-9+,15-13+,19-17+,23-21+,26-24+,27-25+,29-28+. The van der Waals surface area contributed by atoms with E-state index in [1.165, 1.54) is 64.2 Å². The Morgan fingerprint density at radius 1 is 0.414 bits per heavy atom. The molecule has 0 saturated carbocycles. The molecule has 0 amide bonds. The molecular formula is C29H42. The number of allylic oxidation sites excluding steroid dienone is 17. The lowest BCUT2D eigenvalue weighted by Crippen LogP contribution is -1.80. The fraction of sp³-hybridized carbons (Fsp3) is 0.379. The second-order valence-corrected chi connectivity index (χ2v) is 6.98. The maximum Gasteiger partial charge on any atom is -0.0348 e. The highest BCUT2D eigenvalue weighted by molar-refractivity contribution is 5.21. The van der Waals surface area contributed by atoms with Crippen molar-refractivity contribution < 1.29 is 0 Å². The Morgan fingerprint density at radius 3 is 1.17 bits per heavy atom. The van der Waals surface area contributed by atoms with Crippen molar-refractivity contribution in [3.8, 4) is 0 Å². The molecular weight excluding hydrogens is 348 g/mol. The van der Waals surface area contributed by atoms with Crippen LogP contribution in [0, 0.1) is 0 Å². The minimum Gasteiger partial charge on any atom is -0.0991 e. The lowest BCUT2D eigenvalue weighted by molar-refractivity contribution is 0.566. The summed E-state index contributed by atoms with van der Waals surface area (Å²) in [4.78, 5) is 0. The van der Waals surface area contributed by atoms with E-state index in [9.17, 15) is 0 Å². The molecule has 29 heavy (non-hydrogen) atoms. The van der Waals surface area contributed by atoms with Crippen LogP contribution in [0.2, 0.25) is 0 Å². The first kappa shape index (κ1) is 26.7. The predicted octanol–water partition coefficient (Wildman–Crippen LogP) is 9.54. The summed E-state index contributed by atoms with van der Waals surface area (Å²) >= 11 is 0. The zero-order chi connectivity index (χ0) is 21.1. The average Bonchev–Trinajstić information content (AvgIpc) is 2.74. The summed E-state index contributed by atoms with van der Waals surface area (Å²) in [6, 6.07) is 0. The van der Waals surface area contributed by atoms with Crippen LogP contribution in [-0.4, -0.2) is 0 Å². The summed E-state index contributed by atoms with van der Waals surface area (Å²) in [7, 11) is 0. The average molecular weight is 391 g/mol. The molecule has 158 valence electrons. The van der Waals surface area contributed by atoms with Crippen LogP contribution in [0.15, 0.2) is 110 Å². The van der Waals surface area contributed by atoms with Gasteiger partial charge in [-0.1, -0.05) is 168 Å². The van der Waals surface area contributed by atoms with E-state index >= 15 is 0 Å². The molecule has 0 rings (SSSR count). The van der Waals surface area contributed by atoms with E-state index < -0.39 is 0 Å². The van der Waals surface area contributed by atoms with Gasteiger partial charge in [0.15, 0.2) is 0 Å². The Bertz CT molecular complexity index is 573. The topological polar surface area (TPSA) is 0 Å². The van der Waals surface area contributed by atoms with Crippen molar-refractivity contribution >= 4 is 0 Å². The third-order valence-electron chi connectivity index (χ3n) is 4.30. The van der Waals surface area contributed by atoms with Crippen molar-refractivity contribution in [2.45, 2.75) is 71.1 Å². The van der Waals surface area contributed by atoms with Gasteiger partial charge in [-0.3, -0.25) is 0 Å². The summed E-state index contributed by atoms with van der Waals surface area (Å²) in [5, 5.41) is 0. The fourth-order valence-corrected chi connectivity index (χ4v) is 2.66. The normalized spacial score (nSPS) is 13.4. The van der Waals surface area contributed by atoms with Crippen molar-refractivity contribution in [1.29, 1.82) is 0 Å². The van der Waals surface area contributed by atoms with Crippen LogP contribution in [0.5, 0.6) is 0 Å². The predicted molar refractivity (Wildman–Crippen MR) is 135 cm³/mol. The highest BCUT2D eigenvalue weighted by atomic mass is 14.0. The van der Waals surface area contributed by atoms with E-state index in [1.54, 1.807) is 6.08 Å². The molecule has 0 heteroatoms. The molecule has 0 radical (unpaired) electrons. The highest BCUT2D eigenvalue weighted by Crippen LogP contribution is 2.10. The van der Waals surface area contributed by atoms with Crippen LogP contribution in [0.25, 0.3) is 0 Å². The molecule has 0 aromatic rings. The Balaban J connectivity index is 3.59. The van der Waals surface area contributed by atoms with E-state index in [-0.39, 0.29) is 0 Å². The van der Waals surface area contributed by atoms with Crippen molar-refractivity contribution in [2.24, 2.45) is 0 Å². The second-order valence-electron chi connectivity index (χ2n) is 6.98. The number of hydrogen-bond donors (Lipinski definition) is 0. The quantitative estimate of drug-likeness (QED) is 0.161. The SMILES string of the molecule is C=C/C=C/C=C/C=C/C=C/C=C/C=C/C=C/C=C/CCCCCCCCCCC. The van der Waals surface area contributed by atoms with Gasteiger partial charge in [0, 0.05) is 0 Å². The zero-order valence-corrected chi connectivity index (χ0v) is 18.6. The molecule has 0 aliphatic heterocycles. The third kappa shape index (κ3) is 25.7. The lowest BCUT2D eigenvalue weighted by Gasteiger charge is -2.00. The van der Waals surface area contributed by atoms with E-state index in [0.717, 1.165) is 0 Å². The number of unbranched alkanes of at least 4 members (excludes halogenated alkanes) is 9. The van der Waals surface area contributed by atoms with Gasteiger partial charge in [0.2, 0.25) is 0 Å². The highest BCUT2D eigenvalue weighted by Gasteiger charge is 1.90. The maximum absolute atomic E-state index is 3.62. The summed E-state index contributed by atoms with van der Waals surface area (Å²) in [5.74, 6) is 0. The monoisotopic (exact) mass is 390 g/mol. The lowest BCUT2D eigenvalue weighted by atomic mass is 10.1. The second kappa shape index (κ2) is 25.7. The largest absolute Gasteiger partial charge is 0.0991 e. The molecule has 0 saturated heterocycles. The number of rotatable bonds is 18. The fourth-order valence-electron chi connectivity index (χ4n) is 2.66. The van der Waals surface area contributed by atoms with E-state index in [2.05, 4.69) is 43.9 Å². The van der Waals surface area contributed by atoms with E-state index in [0.29, 0.717) is 0 Å². The summed E-state index contributed by atoms with van der Waals surface area (Å²) in [6.45, 7) is 5.90. The molecule has 0 heterocycles. The van der Waals surface area contributed by atoms with Crippen molar-refractivity contribution in [3.63, 3.8) is 0 Å². The molecule has 0 aliphatic carbocycles. The van der Waals surface area contributed by atoms with Crippen LogP contribution in [0.4, 0.5) is 0 Å². The summed E-state index contributed by atoms with van der Waals surface area (Å²) in [6.07, 6.45) is 48.1. The van der Waals surface area contributed by atoms with Gasteiger partial charge >= 0.3 is 0 Å². The van der Waals surface area contributed by atoms with Crippen molar-refractivity contribution in [1.82, 2.24) is 0 Å². The van der Waals surface area contributed by atoms with Crippen LogP contribution in [0.1, 0.15) is 71.1 Å². The molecule has 0 N–H and O–H groups in total. The van der Waals surface area contributed by atoms with Crippen LogP contribution in [0.3, 0.4) is 0 Å². The van der Waals surface area contributed by atoms with Crippen LogP contribution < -0.4 is 0 Å². The van der Waals surface area contributed by atoms with E-state index in [4.69, 9.17) is 0 Å². The van der Waals surface area contributed by atoms with Gasteiger partial charge in [0.05, 0.1) is 0 Å². The summed E-state index contributed by atoms with van der Waals surface area (Å²) < 4.78 is 0. The molecule has 0 fully saturated rings. The Hall–Kier alpha value is -2.34. The first-order chi connectivity index (χ1) is 14.4. The van der Waals surface area contributed by atoms with Gasteiger partial charge in [-0.15, -0.1) is 0 Å². The third-order valence-corrected chi connectivity index (χ3v) is 4.30. The van der Waals surface area contributed by atoms with E-state index in [1.807, 2.05) is 66.8 Å². The first-order valence-electron chi connectivity index (χ1n) is 11.4. The Kier molecular flexibility index (Phi) is 23.6. The zero-order valence-electron chi connectivity index (χ0n) is 18.6. The molecule has 0 atom stereocenters. The maximum atomic E-state index is 3.62. The van der Waals surface area contributed by atoms with Crippen LogP contribution in [-0.2, 0) is 0 Å². The molecule has 0 aromatic heterocycles. The first-order valence-corrected chi connectivity index (χ1v) is 11.4. The number of hydrogen-bond acceptors (Lipinski definition) is 0. The van der Waals surface area contributed by atoms with Gasteiger partial charge in [-0.25, -0.2) is 0 Å². The van der Waals surface area contributed by atoms with Crippen molar-refractivity contribution in [3.05, 3.63) is 110 Å². The molecule has 0 unspecified atom stereocenters. The molecule has 0 aromatic carbocycles. The minimum atomic E-state index is 1.20. The van der Waals surface area contributed by atoms with Gasteiger partial charge in [-0.05, 0) is 12.8 Å². The Labute approximate surface area is 181 Å². The molecule has 0 spiro atoms. The molecule has 0 aliphatic rings. The Morgan fingerprint density at radius 2 is 0.759 bits per heavy atom. The smallest absolute Gasteiger partial charge is 0.0348 e. The minimum absolute atomic E-state index is 1.20. The van der Waals surface area contributed by atoms with Gasteiger partial charge in [0.1, 0.15) is 0 Å². The van der Waals surface area contributed by atoms with Crippen LogP contribution >= 0.6 is 0 Å². The summed E-state index contributed by atoms with van der Waals surface area (Å²) in [5.41, 5.74) is 0. The van der Waals surface area contributed by atoms with Gasteiger partial charge < -0.3 is 0 Å². The van der Waals surface area contributed by atoms with Gasteiger partial charge in [0.25, 0.3) is 0 Å². The molecule has 0 nitrogen and oxygen atoms in total. The van der Waals surface area contributed by atoms with Gasteiger partial charge in [-0.2, -0.15) is 0 Å².